The second kappa shape index (κ2) is 6.42. The van der Waals surface area contributed by atoms with Gasteiger partial charge in [-0.2, -0.15) is 0 Å². The molecule has 4 rings (SSSR count). The molecule has 0 saturated heterocycles. The lowest BCUT2D eigenvalue weighted by molar-refractivity contribution is -0.115. The molecule has 0 radical (unpaired) electrons. The second-order valence-corrected chi connectivity index (χ2v) is 7.27. The zero-order valence-corrected chi connectivity index (χ0v) is 14.8. The highest BCUT2D eigenvalue weighted by Gasteiger charge is 2.19. The maximum atomic E-state index is 12.5. The van der Waals surface area contributed by atoms with Crippen molar-refractivity contribution in [2.24, 2.45) is 0 Å². The summed E-state index contributed by atoms with van der Waals surface area (Å²) in [4.78, 5) is 16.9. The van der Waals surface area contributed by atoms with Crippen LogP contribution in [0.5, 0.6) is 0 Å². The van der Waals surface area contributed by atoms with E-state index in [4.69, 9.17) is 11.6 Å². The number of aromatic nitrogens is 4. The Morgan fingerprint density at radius 1 is 1.28 bits per heavy atom. The minimum absolute atomic E-state index is 0.118. The van der Waals surface area contributed by atoms with Crippen LogP contribution >= 0.6 is 23.4 Å². The largest absolute Gasteiger partial charge is 0.325 e. The van der Waals surface area contributed by atoms with E-state index >= 15 is 0 Å². The van der Waals surface area contributed by atoms with Crippen LogP contribution < -0.4 is 5.32 Å². The molecule has 0 aliphatic heterocycles. The summed E-state index contributed by atoms with van der Waals surface area (Å²) < 4.78 is 1.92. The van der Waals surface area contributed by atoms with Crippen LogP contribution in [0.4, 0.5) is 5.69 Å². The minimum atomic E-state index is -0.341. The van der Waals surface area contributed by atoms with Crippen molar-refractivity contribution in [1.29, 1.82) is 0 Å². The van der Waals surface area contributed by atoms with Crippen molar-refractivity contribution in [3.63, 3.8) is 0 Å². The van der Waals surface area contributed by atoms with Crippen molar-refractivity contribution in [3.8, 4) is 0 Å². The van der Waals surface area contributed by atoms with Gasteiger partial charge in [0.05, 0.1) is 16.3 Å². The summed E-state index contributed by atoms with van der Waals surface area (Å²) in [5, 5.41) is 11.0. The molecule has 2 heterocycles. The Kier molecular flexibility index (Phi) is 4.10. The predicted octanol–water partition coefficient (Wildman–Crippen LogP) is 3.98. The number of anilines is 1. The van der Waals surface area contributed by atoms with Crippen LogP contribution in [0.3, 0.4) is 0 Å². The van der Waals surface area contributed by atoms with Crippen LogP contribution in [0.1, 0.15) is 6.92 Å². The SMILES string of the molecule is C[C@H](Sc1n[nH]c2nc3ccccc3n12)C(=O)Nc1cccc(Cl)c1. The predicted molar refractivity (Wildman–Crippen MR) is 100 cm³/mol. The first-order valence-electron chi connectivity index (χ1n) is 7.66. The first-order chi connectivity index (χ1) is 12.1. The summed E-state index contributed by atoms with van der Waals surface area (Å²) in [6, 6.07) is 14.9. The quantitative estimate of drug-likeness (QED) is 0.532. The van der Waals surface area contributed by atoms with Gasteiger partial charge in [-0.1, -0.05) is 41.6 Å². The number of hydrogen-bond acceptors (Lipinski definition) is 4. The van der Waals surface area contributed by atoms with Gasteiger partial charge in [0.1, 0.15) is 0 Å². The molecule has 0 bridgehead atoms. The minimum Gasteiger partial charge on any atom is -0.325 e. The number of amides is 1. The fourth-order valence-corrected chi connectivity index (χ4v) is 3.60. The number of para-hydroxylation sites is 2. The zero-order valence-electron chi connectivity index (χ0n) is 13.2. The molecule has 1 atom stereocenters. The van der Waals surface area contributed by atoms with Crippen LogP contribution in [-0.2, 0) is 4.79 Å². The monoisotopic (exact) mass is 371 g/mol. The Hall–Kier alpha value is -2.51. The number of halogens is 1. The van der Waals surface area contributed by atoms with Crippen LogP contribution in [0, 0.1) is 0 Å². The number of carbonyl (C=O) groups excluding carboxylic acids is 1. The van der Waals surface area contributed by atoms with E-state index in [2.05, 4.69) is 20.5 Å². The molecule has 0 aliphatic rings. The summed E-state index contributed by atoms with van der Waals surface area (Å²) in [6.45, 7) is 1.84. The number of thioether (sulfide) groups is 1. The van der Waals surface area contributed by atoms with Crippen molar-refractivity contribution in [3.05, 3.63) is 53.6 Å². The summed E-state index contributed by atoms with van der Waals surface area (Å²) in [5.74, 6) is 0.541. The van der Waals surface area contributed by atoms with Gasteiger partial charge in [0, 0.05) is 10.7 Å². The maximum Gasteiger partial charge on any atom is 0.237 e. The number of benzene rings is 2. The lowest BCUT2D eigenvalue weighted by atomic mass is 10.3. The standard InChI is InChI=1S/C17H14ClN5OS/c1-10(15(24)19-12-6-4-5-11(18)9-12)25-17-22-21-16-20-13-7-2-3-8-14(13)23(16)17/h2-10H,1H3,(H,19,24)(H,20,21)/t10-/m0/s1. The van der Waals surface area contributed by atoms with E-state index < -0.39 is 0 Å². The second-order valence-electron chi connectivity index (χ2n) is 5.53. The molecule has 4 aromatic rings. The van der Waals surface area contributed by atoms with E-state index in [0.717, 1.165) is 11.0 Å². The van der Waals surface area contributed by atoms with Crippen molar-refractivity contribution >= 4 is 51.8 Å². The molecule has 2 aromatic heterocycles. The van der Waals surface area contributed by atoms with Crippen molar-refractivity contribution in [2.75, 3.05) is 5.32 Å². The Balaban J connectivity index is 1.57. The highest BCUT2D eigenvalue weighted by atomic mass is 35.5. The summed E-state index contributed by atoms with van der Waals surface area (Å²) in [6.07, 6.45) is 0. The molecule has 2 N–H and O–H groups in total. The third-order valence-electron chi connectivity index (χ3n) is 3.75. The molecule has 126 valence electrons. The van der Waals surface area contributed by atoms with Crippen molar-refractivity contribution in [1.82, 2.24) is 19.6 Å². The van der Waals surface area contributed by atoms with E-state index in [9.17, 15) is 4.79 Å². The van der Waals surface area contributed by atoms with Crippen molar-refractivity contribution < 1.29 is 4.79 Å². The number of hydrogen-bond donors (Lipinski definition) is 2. The lowest BCUT2D eigenvalue weighted by Crippen LogP contribution is -2.22. The van der Waals surface area contributed by atoms with Gasteiger partial charge in [0.25, 0.3) is 0 Å². The van der Waals surface area contributed by atoms with Gasteiger partial charge in [-0.25, -0.2) is 10.1 Å². The first kappa shape index (κ1) is 16.0. The van der Waals surface area contributed by atoms with E-state index in [1.54, 1.807) is 24.3 Å². The van der Waals surface area contributed by atoms with Crippen LogP contribution in [0.25, 0.3) is 16.8 Å². The van der Waals surface area contributed by atoms with Crippen LogP contribution in [0.2, 0.25) is 5.02 Å². The van der Waals surface area contributed by atoms with Crippen LogP contribution in [0.15, 0.2) is 53.7 Å². The van der Waals surface area contributed by atoms with Gasteiger partial charge in [0.2, 0.25) is 11.7 Å². The fraction of sp³-hybridized carbons (Fsp3) is 0.118. The number of H-pyrrole nitrogens is 1. The number of fused-ring (bicyclic) bond motifs is 3. The van der Waals surface area contributed by atoms with Gasteiger partial charge in [-0.15, -0.1) is 5.10 Å². The maximum absolute atomic E-state index is 12.5. The third kappa shape index (κ3) is 3.08. The Morgan fingerprint density at radius 3 is 2.96 bits per heavy atom. The molecule has 0 saturated carbocycles. The highest BCUT2D eigenvalue weighted by Crippen LogP contribution is 2.26. The molecular formula is C17H14ClN5OS. The topological polar surface area (TPSA) is 75.1 Å². The molecule has 0 aliphatic carbocycles. The number of nitrogens with zero attached hydrogens (tertiary/aromatic N) is 3. The van der Waals surface area contributed by atoms with Gasteiger partial charge in [0.15, 0.2) is 5.16 Å². The molecule has 8 heteroatoms. The number of aromatic amines is 1. The van der Waals surface area contributed by atoms with Gasteiger partial charge in [-0.05, 0) is 37.3 Å². The molecular weight excluding hydrogens is 358 g/mol. The van der Waals surface area contributed by atoms with Crippen LogP contribution in [-0.4, -0.2) is 30.7 Å². The Labute approximate surface area is 152 Å². The molecule has 2 aromatic carbocycles. The third-order valence-corrected chi connectivity index (χ3v) is 5.03. The Bertz CT molecular complexity index is 1070. The number of carbonyl (C=O) groups is 1. The summed E-state index contributed by atoms with van der Waals surface area (Å²) in [5.41, 5.74) is 2.51. The molecule has 1 amide bonds. The molecule has 0 spiro atoms. The van der Waals surface area contributed by atoms with E-state index in [0.29, 0.717) is 21.6 Å². The first-order valence-corrected chi connectivity index (χ1v) is 8.92. The molecule has 0 fully saturated rings. The number of rotatable bonds is 4. The zero-order chi connectivity index (χ0) is 17.4. The smallest absolute Gasteiger partial charge is 0.237 e. The van der Waals surface area contributed by atoms with E-state index in [1.165, 1.54) is 11.8 Å². The molecule has 25 heavy (non-hydrogen) atoms. The van der Waals surface area contributed by atoms with Gasteiger partial charge < -0.3 is 5.32 Å². The normalized spacial score (nSPS) is 12.6. The summed E-state index contributed by atoms with van der Waals surface area (Å²) in [7, 11) is 0. The lowest BCUT2D eigenvalue weighted by Gasteiger charge is -2.11. The molecule has 0 unspecified atom stereocenters. The average Bonchev–Trinajstić information content (AvgIpc) is 3.14. The fourth-order valence-electron chi connectivity index (χ4n) is 2.54. The van der Waals surface area contributed by atoms with Gasteiger partial charge in [-0.3, -0.25) is 9.20 Å². The summed E-state index contributed by atoms with van der Waals surface area (Å²) >= 11 is 7.32. The van der Waals surface area contributed by atoms with Gasteiger partial charge >= 0.3 is 0 Å². The number of imidazole rings is 1. The van der Waals surface area contributed by atoms with E-state index in [-0.39, 0.29) is 11.2 Å². The van der Waals surface area contributed by atoms with E-state index in [1.807, 2.05) is 35.6 Å². The number of nitrogens with one attached hydrogen (secondary N) is 2. The average molecular weight is 372 g/mol. The molecule has 6 nitrogen and oxygen atoms in total. The van der Waals surface area contributed by atoms with Crippen molar-refractivity contribution in [2.45, 2.75) is 17.3 Å². The Morgan fingerprint density at radius 2 is 2.12 bits per heavy atom. The highest BCUT2D eigenvalue weighted by molar-refractivity contribution is 8.00.